The van der Waals surface area contributed by atoms with Crippen LogP contribution in [0.2, 0.25) is 0 Å². The number of ether oxygens (including phenoxy) is 1. The summed E-state index contributed by atoms with van der Waals surface area (Å²) in [5.74, 6) is 0.502. The predicted octanol–water partition coefficient (Wildman–Crippen LogP) is 7.35. The highest BCUT2D eigenvalue weighted by atomic mass is 32.1. The van der Waals surface area contributed by atoms with Crippen LogP contribution >= 0.6 is 11.3 Å². The van der Waals surface area contributed by atoms with Crippen molar-refractivity contribution in [2.75, 3.05) is 6.61 Å². The first-order valence-corrected chi connectivity index (χ1v) is 10.7. The zero-order chi connectivity index (χ0) is 18.6. The van der Waals surface area contributed by atoms with Gasteiger partial charge in [0.05, 0.1) is 6.61 Å². The van der Waals surface area contributed by atoms with Crippen LogP contribution in [-0.2, 0) is 6.42 Å². The molecule has 0 atom stereocenters. The molecule has 1 nitrogen and oxygen atoms in total. The van der Waals surface area contributed by atoms with Crippen LogP contribution in [0, 0.1) is 11.7 Å². The van der Waals surface area contributed by atoms with Gasteiger partial charge in [-0.2, -0.15) is 0 Å². The van der Waals surface area contributed by atoms with Crippen molar-refractivity contribution in [2.24, 2.45) is 5.92 Å². The van der Waals surface area contributed by atoms with Crippen molar-refractivity contribution >= 4 is 11.3 Å². The van der Waals surface area contributed by atoms with Crippen LogP contribution in [0.4, 0.5) is 4.39 Å². The fourth-order valence-electron chi connectivity index (χ4n) is 3.75. The molecule has 1 aromatic heterocycles. The normalized spacial score (nSPS) is 14.6. The van der Waals surface area contributed by atoms with Crippen LogP contribution in [0.25, 0.3) is 21.6 Å². The molecule has 4 rings (SSSR count). The molecule has 0 unspecified atom stereocenters. The third-order valence-corrected chi connectivity index (χ3v) is 6.48. The molecule has 27 heavy (non-hydrogen) atoms. The maximum absolute atomic E-state index is 14.8. The Balaban J connectivity index is 1.48. The van der Waals surface area contributed by atoms with Crippen LogP contribution in [0.5, 0.6) is 5.06 Å². The molecule has 1 aliphatic rings. The average molecular weight is 381 g/mol. The molecule has 0 spiro atoms. The number of benzene rings is 2. The minimum atomic E-state index is -0.184. The van der Waals surface area contributed by atoms with E-state index >= 15 is 0 Å². The summed E-state index contributed by atoms with van der Waals surface area (Å²) in [7, 11) is 0. The molecule has 1 heterocycles. The Morgan fingerprint density at radius 2 is 1.70 bits per heavy atom. The fourth-order valence-corrected chi connectivity index (χ4v) is 4.64. The molecule has 0 bridgehead atoms. The van der Waals surface area contributed by atoms with E-state index in [1.807, 2.05) is 24.3 Å². The van der Waals surface area contributed by atoms with Crippen molar-refractivity contribution in [2.45, 2.75) is 39.0 Å². The summed E-state index contributed by atoms with van der Waals surface area (Å²) in [4.78, 5) is 0.918. The second-order valence-electron chi connectivity index (χ2n) is 7.33. The number of halogens is 1. The lowest BCUT2D eigenvalue weighted by atomic mass is 10.0. The Morgan fingerprint density at radius 1 is 0.963 bits per heavy atom. The Morgan fingerprint density at radius 3 is 2.41 bits per heavy atom. The quantitative estimate of drug-likeness (QED) is 0.434. The van der Waals surface area contributed by atoms with Crippen LogP contribution in [0.3, 0.4) is 0 Å². The van der Waals surface area contributed by atoms with Crippen LogP contribution in [0.1, 0.15) is 38.2 Å². The van der Waals surface area contributed by atoms with Gasteiger partial charge in [-0.3, -0.25) is 0 Å². The second kappa shape index (κ2) is 8.26. The SMILES string of the molecule is CCc1ccc(-c2ccc(-c3ccc(OCC4CCCC4)s3)c(F)c2)cc1. The predicted molar refractivity (Wildman–Crippen MR) is 112 cm³/mol. The van der Waals surface area contributed by atoms with Gasteiger partial charge in [0.25, 0.3) is 0 Å². The van der Waals surface area contributed by atoms with E-state index in [1.165, 1.54) is 42.6 Å². The van der Waals surface area contributed by atoms with Gasteiger partial charge < -0.3 is 4.74 Å². The Labute approximate surface area is 164 Å². The van der Waals surface area contributed by atoms with Gasteiger partial charge in [-0.1, -0.05) is 61.4 Å². The summed E-state index contributed by atoms with van der Waals surface area (Å²) >= 11 is 1.53. The standard InChI is InChI=1S/C24H25FOS/c1-2-17-7-9-19(10-8-17)20-11-12-21(22(25)15-20)23-13-14-24(27-23)26-16-18-5-3-4-6-18/h7-15,18H,2-6,16H2,1H3. The third-order valence-electron chi connectivity index (χ3n) is 5.45. The van der Waals surface area contributed by atoms with E-state index in [-0.39, 0.29) is 5.82 Å². The van der Waals surface area contributed by atoms with Gasteiger partial charge in [-0.25, -0.2) is 4.39 Å². The second-order valence-corrected chi connectivity index (χ2v) is 8.37. The highest BCUT2D eigenvalue weighted by Crippen LogP contribution is 2.36. The van der Waals surface area contributed by atoms with Crippen molar-refractivity contribution in [1.29, 1.82) is 0 Å². The smallest absolute Gasteiger partial charge is 0.174 e. The number of thiophene rings is 1. The molecular weight excluding hydrogens is 355 g/mol. The van der Waals surface area contributed by atoms with Crippen LogP contribution < -0.4 is 4.74 Å². The van der Waals surface area contributed by atoms with Gasteiger partial charge >= 0.3 is 0 Å². The Kier molecular flexibility index (Phi) is 5.58. The monoisotopic (exact) mass is 380 g/mol. The van der Waals surface area contributed by atoms with Crippen molar-refractivity contribution < 1.29 is 9.13 Å². The summed E-state index contributed by atoms with van der Waals surface area (Å²) in [6.07, 6.45) is 6.20. The zero-order valence-corrected chi connectivity index (χ0v) is 16.5. The Bertz CT molecular complexity index is 891. The maximum Gasteiger partial charge on any atom is 0.174 e. The molecule has 1 aliphatic carbocycles. The minimum absolute atomic E-state index is 0.184. The lowest BCUT2D eigenvalue weighted by molar-refractivity contribution is 0.259. The van der Waals surface area contributed by atoms with Gasteiger partial charge in [0.15, 0.2) is 5.06 Å². The van der Waals surface area contributed by atoms with Gasteiger partial charge in [0.1, 0.15) is 5.82 Å². The van der Waals surface area contributed by atoms with E-state index in [2.05, 4.69) is 31.2 Å². The highest BCUT2D eigenvalue weighted by Gasteiger charge is 2.16. The molecule has 0 radical (unpaired) electrons. The van der Waals surface area contributed by atoms with E-state index in [0.29, 0.717) is 11.5 Å². The molecule has 3 heteroatoms. The summed E-state index contributed by atoms with van der Waals surface area (Å²) in [6, 6.07) is 17.8. The lowest BCUT2D eigenvalue weighted by Crippen LogP contribution is -2.06. The minimum Gasteiger partial charge on any atom is -0.484 e. The highest BCUT2D eigenvalue weighted by molar-refractivity contribution is 7.17. The van der Waals surface area contributed by atoms with Gasteiger partial charge in [0.2, 0.25) is 0 Å². The zero-order valence-electron chi connectivity index (χ0n) is 15.7. The fraction of sp³-hybridized carbons (Fsp3) is 0.333. The number of rotatable bonds is 6. The maximum atomic E-state index is 14.8. The largest absolute Gasteiger partial charge is 0.484 e. The van der Waals surface area contributed by atoms with Crippen LogP contribution in [0.15, 0.2) is 54.6 Å². The molecule has 0 N–H and O–H groups in total. The average Bonchev–Trinajstić information content (AvgIpc) is 3.38. The third kappa shape index (κ3) is 4.24. The summed E-state index contributed by atoms with van der Waals surface area (Å²) in [5.41, 5.74) is 3.89. The molecule has 1 fully saturated rings. The van der Waals surface area contributed by atoms with Gasteiger partial charge in [0, 0.05) is 10.4 Å². The summed E-state index contributed by atoms with van der Waals surface area (Å²) in [5, 5.41) is 0.885. The van der Waals surface area contributed by atoms with Crippen molar-refractivity contribution in [1.82, 2.24) is 0 Å². The van der Waals surface area contributed by atoms with E-state index in [0.717, 1.165) is 34.1 Å². The summed E-state index contributed by atoms with van der Waals surface area (Å²) < 4.78 is 20.7. The van der Waals surface area contributed by atoms with E-state index in [1.54, 1.807) is 6.07 Å². The van der Waals surface area contributed by atoms with Gasteiger partial charge in [-0.05, 0) is 66.1 Å². The molecule has 0 aliphatic heterocycles. The topological polar surface area (TPSA) is 9.23 Å². The summed E-state index contributed by atoms with van der Waals surface area (Å²) in [6.45, 7) is 2.92. The molecule has 140 valence electrons. The molecule has 0 saturated heterocycles. The molecule has 1 saturated carbocycles. The van der Waals surface area contributed by atoms with E-state index < -0.39 is 0 Å². The number of hydrogen-bond donors (Lipinski definition) is 0. The first kappa shape index (κ1) is 18.2. The number of hydrogen-bond acceptors (Lipinski definition) is 2. The Hall–Kier alpha value is -2.13. The van der Waals surface area contributed by atoms with Crippen molar-refractivity contribution in [3.63, 3.8) is 0 Å². The molecule has 2 aromatic carbocycles. The molecular formula is C24H25FOS. The van der Waals surface area contributed by atoms with Gasteiger partial charge in [-0.15, -0.1) is 0 Å². The molecule has 3 aromatic rings. The molecule has 0 amide bonds. The van der Waals surface area contributed by atoms with E-state index in [4.69, 9.17) is 4.74 Å². The number of aryl methyl sites for hydroxylation is 1. The lowest BCUT2D eigenvalue weighted by Gasteiger charge is -2.09. The van der Waals surface area contributed by atoms with Crippen molar-refractivity contribution in [3.05, 3.63) is 66.0 Å². The first-order valence-electron chi connectivity index (χ1n) is 9.85. The van der Waals surface area contributed by atoms with E-state index in [9.17, 15) is 4.39 Å². The first-order chi connectivity index (χ1) is 13.2. The van der Waals surface area contributed by atoms with Crippen molar-refractivity contribution in [3.8, 4) is 26.6 Å². The van der Waals surface area contributed by atoms with Crippen LogP contribution in [-0.4, -0.2) is 6.61 Å².